The predicted octanol–water partition coefficient (Wildman–Crippen LogP) is -0.557. The van der Waals surface area contributed by atoms with Crippen LogP contribution in [0.1, 0.15) is 18.4 Å². The maximum absolute atomic E-state index is 10.9. The maximum Gasteiger partial charge on any atom is 1.00 e. The third-order valence-electron chi connectivity index (χ3n) is 3.25. The summed E-state index contributed by atoms with van der Waals surface area (Å²) in [6.07, 6.45) is 0. The fourth-order valence-electron chi connectivity index (χ4n) is 2.15. The minimum Gasteiger partial charge on any atom is -0.550 e. The van der Waals surface area contributed by atoms with E-state index < -0.39 is 11.9 Å². The smallest absolute Gasteiger partial charge is 0.550 e. The minimum atomic E-state index is -1.07. The Bertz CT molecular complexity index is 745. The molecule has 0 saturated heterocycles. The maximum atomic E-state index is 10.9. The first-order valence-electron chi connectivity index (χ1n) is 5.79. The van der Waals surface area contributed by atoms with E-state index in [1.807, 2.05) is 36.4 Å². The summed E-state index contributed by atoms with van der Waals surface area (Å²) in [6.45, 7) is 1.62. The van der Waals surface area contributed by atoms with Crippen LogP contribution in [0.5, 0.6) is 0 Å². The van der Waals surface area contributed by atoms with E-state index >= 15 is 0 Å². The van der Waals surface area contributed by atoms with Gasteiger partial charge in [-0.3, -0.25) is 0 Å². The van der Waals surface area contributed by atoms with Crippen molar-refractivity contribution in [2.45, 2.75) is 12.8 Å². The number of benzene rings is 2. The molecule has 0 saturated carbocycles. The van der Waals surface area contributed by atoms with Gasteiger partial charge in [0.15, 0.2) is 0 Å². The zero-order chi connectivity index (χ0) is 12.7. The van der Waals surface area contributed by atoms with Crippen LogP contribution in [0.15, 0.2) is 46.9 Å². The van der Waals surface area contributed by atoms with E-state index in [0.717, 1.165) is 27.5 Å². The van der Waals surface area contributed by atoms with E-state index in [2.05, 4.69) is 0 Å². The first-order valence-corrected chi connectivity index (χ1v) is 5.79. The molecular formula is C15H11NaO3. The van der Waals surface area contributed by atoms with Crippen LogP contribution in [0, 0.1) is 0 Å². The molecule has 1 unspecified atom stereocenters. The topological polar surface area (TPSA) is 53.3 Å². The van der Waals surface area contributed by atoms with Crippen molar-refractivity contribution >= 4 is 27.9 Å². The van der Waals surface area contributed by atoms with Crippen LogP contribution < -0.4 is 34.7 Å². The van der Waals surface area contributed by atoms with Crippen molar-refractivity contribution < 1.29 is 43.9 Å². The van der Waals surface area contributed by atoms with E-state index in [0.29, 0.717) is 0 Å². The molecule has 90 valence electrons. The second-order valence-electron chi connectivity index (χ2n) is 4.39. The third-order valence-corrected chi connectivity index (χ3v) is 3.25. The Morgan fingerprint density at radius 3 is 2.53 bits per heavy atom. The van der Waals surface area contributed by atoms with E-state index in [9.17, 15) is 9.90 Å². The van der Waals surface area contributed by atoms with Crippen LogP contribution in [-0.4, -0.2) is 5.97 Å². The molecule has 19 heavy (non-hydrogen) atoms. The summed E-state index contributed by atoms with van der Waals surface area (Å²) >= 11 is 0. The van der Waals surface area contributed by atoms with Gasteiger partial charge in [0.25, 0.3) is 0 Å². The number of aliphatic carboxylic acids is 1. The molecule has 3 nitrogen and oxygen atoms in total. The summed E-state index contributed by atoms with van der Waals surface area (Å²) < 4.78 is 5.68. The van der Waals surface area contributed by atoms with Crippen LogP contribution in [-0.2, 0) is 4.79 Å². The van der Waals surface area contributed by atoms with Gasteiger partial charge in [0.05, 0.1) is 0 Å². The molecular weight excluding hydrogens is 251 g/mol. The van der Waals surface area contributed by atoms with Gasteiger partial charge in [-0.25, -0.2) is 0 Å². The van der Waals surface area contributed by atoms with Crippen LogP contribution in [0.2, 0.25) is 0 Å². The average Bonchev–Trinajstić information content (AvgIpc) is 2.75. The quantitative estimate of drug-likeness (QED) is 0.582. The molecule has 0 N–H and O–H groups in total. The predicted molar refractivity (Wildman–Crippen MR) is 67.1 cm³/mol. The molecule has 0 aliphatic heterocycles. The summed E-state index contributed by atoms with van der Waals surface area (Å²) in [5.74, 6) is -1.69. The van der Waals surface area contributed by atoms with E-state index in [1.54, 1.807) is 13.0 Å². The Morgan fingerprint density at radius 1 is 1.11 bits per heavy atom. The zero-order valence-electron chi connectivity index (χ0n) is 10.8. The number of fused-ring (bicyclic) bond motifs is 3. The standard InChI is InChI=1S/C15H12O3.Na/c1-9(15(16)17)10-6-7-14-12(8-10)11-4-2-3-5-13(11)18-14;/h2-9H,1H3,(H,16,17);/q;+1/p-1. The van der Waals surface area contributed by atoms with Crippen molar-refractivity contribution in [1.29, 1.82) is 0 Å². The van der Waals surface area contributed by atoms with Gasteiger partial charge in [-0.05, 0) is 23.8 Å². The number of hydrogen-bond acceptors (Lipinski definition) is 3. The van der Waals surface area contributed by atoms with Gasteiger partial charge in [-0.15, -0.1) is 0 Å². The molecule has 3 aromatic rings. The fraction of sp³-hybridized carbons (Fsp3) is 0.133. The molecule has 4 heteroatoms. The SMILES string of the molecule is CC(C(=O)[O-])c1ccc2oc3ccccc3c2c1.[Na+]. The number of hydrogen-bond donors (Lipinski definition) is 0. The summed E-state index contributed by atoms with van der Waals surface area (Å²) in [7, 11) is 0. The summed E-state index contributed by atoms with van der Waals surface area (Å²) in [6, 6.07) is 13.2. The number of carboxylic acids is 1. The summed E-state index contributed by atoms with van der Waals surface area (Å²) in [4.78, 5) is 10.9. The Hall–Kier alpha value is -1.29. The Kier molecular flexibility index (Phi) is 3.99. The second kappa shape index (κ2) is 5.37. The van der Waals surface area contributed by atoms with E-state index in [4.69, 9.17) is 4.42 Å². The number of furan rings is 1. The van der Waals surface area contributed by atoms with Gasteiger partial charge in [0.1, 0.15) is 11.2 Å². The van der Waals surface area contributed by atoms with Gasteiger partial charge in [-0.1, -0.05) is 31.2 Å². The molecule has 0 amide bonds. The molecule has 0 aliphatic rings. The first kappa shape index (κ1) is 14.1. The molecule has 0 fully saturated rings. The number of carbonyl (C=O) groups excluding carboxylic acids is 1. The van der Waals surface area contributed by atoms with Crippen LogP contribution >= 0.6 is 0 Å². The van der Waals surface area contributed by atoms with Crippen LogP contribution in [0.4, 0.5) is 0 Å². The zero-order valence-corrected chi connectivity index (χ0v) is 12.8. The van der Waals surface area contributed by atoms with Gasteiger partial charge in [-0.2, -0.15) is 0 Å². The molecule has 0 aliphatic carbocycles. The molecule has 1 atom stereocenters. The molecule has 0 bridgehead atoms. The van der Waals surface area contributed by atoms with Crippen LogP contribution in [0.25, 0.3) is 21.9 Å². The van der Waals surface area contributed by atoms with Gasteiger partial charge in [0.2, 0.25) is 0 Å². The van der Waals surface area contributed by atoms with Crippen LogP contribution in [0.3, 0.4) is 0 Å². The third kappa shape index (κ3) is 2.41. The molecule has 1 aromatic heterocycles. The number of para-hydroxylation sites is 1. The van der Waals surface area contributed by atoms with Crippen molar-refractivity contribution in [2.24, 2.45) is 0 Å². The molecule has 0 spiro atoms. The summed E-state index contributed by atoms with van der Waals surface area (Å²) in [5, 5.41) is 12.8. The molecule has 1 heterocycles. The molecule has 2 aromatic carbocycles. The number of rotatable bonds is 2. The fourth-order valence-corrected chi connectivity index (χ4v) is 2.15. The monoisotopic (exact) mass is 262 g/mol. The molecule has 0 radical (unpaired) electrons. The Labute approximate surface area is 132 Å². The number of carboxylic acid groups (broad SMARTS) is 1. The van der Waals surface area contributed by atoms with Gasteiger partial charge < -0.3 is 14.3 Å². The first-order chi connectivity index (χ1) is 8.66. The Balaban J connectivity index is 0.00000133. The normalized spacial score (nSPS) is 12.3. The van der Waals surface area contributed by atoms with Crippen molar-refractivity contribution in [3.63, 3.8) is 0 Å². The van der Waals surface area contributed by atoms with Gasteiger partial charge in [0, 0.05) is 22.7 Å². The van der Waals surface area contributed by atoms with Crippen molar-refractivity contribution in [3.8, 4) is 0 Å². The molecule has 3 rings (SSSR count). The van der Waals surface area contributed by atoms with Crippen molar-refractivity contribution in [3.05, 3.63) is 48.0 Å². The summed E-state index contributed by atoms with van der Waals surface area (Å²) in [5.41, 5.74) is 2.31. The Morgan fingerprint density at radius 2 is 1.79 bits per heavy atom. The van der Waals surface area contributed by atoms with E-state index in [-0.39, 0.29) is 29.6 Å². The number of carbonyl (C=O) groups is 1. The average molecular weight is 262 g/mol. The van der Waals surface area contributed by atoms with Gasteiger partial charge >= 0.3 is 29.6 Å². The van der Waals surface area contributed by atoms with Crippen molar-refractivity contribution in [1.82, 2.24) is 0 Å². The largest absolute Gasteiger partial charge is 1.00 e. The van der Waals surface area contributed by atoms with Crippen molar-refractivity contribution in [2.75, 3.05) is 0 Å². The second-order valence-corrected chi connectivity index (χ2v) is 4.39. The van der Waals surface area contributed by atoms with E-state index in [1.165, 1.54) is 0 Å². The minimum absolute atomic E-state index is 0.